The number of carbonyl (C=O) groups excluding carboxylic acids is 3. The third-order valence-corrected chi connectivity index (χ3v) is 8.08. The van der Waals surface area contributed by atoms with Crippen molar-refractivity contribution in [2.45, 2.75) is 45.3 Å². The molecule has 0 bridgehead atoms. The largest absolute Gasteiger partial charge is 0.347 e. The van der Waals surface area contributed by atoms with Gasteiger partial charge in [0.25, 0.3) is 0 Å². The highest BCUT2D eigenvalue weighted by Gasteiger charge is 2.55. The molecule has 3 aromatic carbocycles. The quantitative estimate of drug-likeness (QED) is 0.124. The van der Waals surface area contributed by atoms with Crippen LogP contribution in [0.15, 0.2) is 82.4 Å². The van der Waals surface area contributed by atoms with E-state index in [-0.39, 0.29) is 18.9 Å². The number of amides is 5. The van der Waals surface area contributed by atoms with E-state index in [4.69, 9.17) is 23.2 Å². The van der Waals surface area contributed by atoms with Crippen molar-refractivity contribution in [2.24, 2.45) is 5.10 Å². The molecule has 3 N–H and O–H groups in total. The summed E-state index contributed by atoms with van der Waals surface area (Å²) in [6, 6.07) is 19.2. The number of nitrogens with zero attached hydrogens (tertiary/aromatic N) is 4. The van der Waals surface area contributed by atoms with E-state index in [9.17, 15) is 19.6 Å². The number of hydrogen-bond donors (Lipinski definition) is 3. The normalized spacial score (nSPS) is 16.3. The van der Waals surface area contributed by atoms with E-state index in [1.165, 1.54) is 9.80 Å². The van der Waals surface area contributed by atoms with Gasteiger partial charge in [0.1, 0.15) is 0 Å². The molecule has 0 radical (unpaired) electrons. The highest BCUT2D eigenvalue weighted by atomic mass is 79.9. The summed E-state index contributed by atoms with van der Waals surface area (Å²) in [5.74, 6) is -0.307. The van der Waals surface area contributed by atoms with Crippen LogP contribution in [0.1, 0.15) is 39.2 Å². The average molecular weight is 690 g/mol. The van der Waals surface area contributed by atoms with Gasteiger partial charge < -0.3 is 10.2 Å². The molecule has 226 valence electrons. The second-order valence-corrected chi connectivity index (χ2v) is 12.2. The lowest BCUT2D eigenvalue weighted by atomic mass is 9.99. The number of rotatable bonds is 9. The van der Waals surface area contributed by atoms with Crippen LogP contribution in [-0.4, -0.2) is 57.1 Å². The number of carbonyl (C=O) groups is 3. The fourth-order valence-corrected chi connectivity index (χ4v) is 5.28. The number of benzene rings is 3. The van der Waals surface area contributed by atoms with Gasteiger partial charge in [0.2, 0.25) is 5.91 Å². The van der Waals surface area contributed by atoms with Crippen molar-refractivity contribution in [3.05, 3.63) is 92.9 Å². The van der Waals surface area contributed by atoms with Gasteiger partial charge in [-0.1, -0.05) is 51.3 Å². The van der Waals surface area contributed by atoms with Gasteiger partial charge in [-0.2, -0.15) is 10.2 Å². The second kappa shape index (κ2) is 13.8. The molecule has 5 amide bonds. The van der Waals surface area contributed by atoms with Crippen LogP contribution in [0.25, 0.3) is 0 Å². The predicted octanol–water partition coefficient (Wildman–Crippen LogP) is 7.35. The van der Waals surface area contributed by atoms with Crippen LogP contribution in [0, 0.1) is 0 Å². The van der Waals surface area contributed by atoms with E-state index >= 15 is 0 Å². The first-order valence-electron chi connectivity index (χ1n) is 13.4. The first-order valence-corrected chi connectivity index (χ1v) is 14.9. The average Bonchev–Trinajstić information content (AvgIpc) is 3.17. The standard InChI is InChI=1S/C30H31BrCl2N6O4/c1-19(20-6-8-21(31)9-7-20)35-36-26(40)5-4-18-37-29(42)38(25-16-12-23(33)13-17-25)27(30(37,2)3)39(43)28(41)34-24-14-10-22(32)11-15-24/h6-17,27,43H,4-5,18H2,1-3H3,(H,34,41)(H,36,40)/b35-19+. The van der Waals surface area contributed by atoms with E-state index in [1.54, 1.807) is 69.3 Å². The van der Waals surface area contributed by atoms with Gasteiger partial charge in [0.05, 0.1) is 11.3 Å². The van der Waals surface area contributed by atoms with Crippen LogP contribution in [0.2, 0.25) is 10.0 Å². The van der Waals surface area contributed by atoms with Gasteiger partial charge in [0.15, 0.2) is 6.17 Å². The first-order chi connectivity index (χ1) is 20.4. The zero-order valence-electron chi connectivity index (χ0n) is 23.7. The minimum atomic E-state index is -1.12. The van der Waals surface area contributed by atoms with Gasteiger partial charge in [-0.25, -0.2) is 15.0 Å². The maximum atomic E-state index is 13.8. The summed E-state index contributed by atoms with van der Waals surface area (Å²) in [6.45, 7) is 5.47. The Hall–Kier alpha value is -3.64. The van der Waals surface area contributed by atoms with Crippen LogP contribution in [0.5, 0.6) is 0 Å². The van der Waals surface area contributed by atoms with Gasteiger partial charge in [-0.15, -0.1) is 0 Å². The second-order valence-electron chi connectivity index (χ2n) is 10.4. The third-order valence-electron chi connectivity index (χ3n) is 7.04. The molecule has 0 aromatic heterocycles. The van der Waals surface area contributed by atoms with Gasteiger partial charge in [0, 0.05) is 38.9 Å². The van der Waals surface area contributed by atoms with Crippen molar-refractivity contribution in [1.82, 2.24) is 15.4 Å². The highest BCUT2D eigenvalue weighted by molar-refractivity contribution is 9.10. The Morgan fingerprint density at radius 3 is 2.19 bits per heavy atom. The molecule has 3 aromatic rings. The summed E-state index contributed by atoms with van der Waals surface area (Å²) >= 11 is 15.4. The zero-order valence-corrected chi connectivity index (χ0v) is 26.8. The molecule has 43 heavy (non-hydrogen) atoms. The smallest absolute Gasteiger partial charge is 0.315 e. The van der Waals surface area contributed by atoms with Crippen LogP contribution in [0.3, 0.4) is 0 Å². The van der Waals surface area contributed by atoms with E-state index in [2.05, 4.69) is 31.8 Å². The molecular weight excluding hydrogens is 659 g/mol. The topological polar surface area (TPSA) is 118 Å². The Balaban J connectivity index is 1.48. The molecule has 10 nitrogen and oxygen atoms in total. The summed E-state index contributed by atoms with van der Waals surface area (Å²) < 4.78 is 0.941. The van der Waals surface area contributed by atoms with Crippen molar-refractivity contribution in [2.75, 3.05) is 16.8 Å². The van der Waals surface area contributed by atoms with Crippen LogP contribution >= 0.6 is 39.1 Å². The van der Waals surface area contributed by atoms with Crippen molar-refractivity contribution >= 4 is 74.2 Å². The van der Waals surface area contributed by atoms with Crippen LogP contribution in [-0.2, 0) is 4.79 Å². The summed E-state index contributed by atoms with van der Waals surface area (Å²) in [5, 5.41) is 19.5. The van der Waals surface area contributed by atoms with Gasteiger partial charge in [-0.3, -0.25) is 14.9 Å². The van der Waals surface area contributed by atoms with Crippen LogP contribution < -0.4 is 15.6 Å². The van der Waals surface area contributed by atoms with Crippen molar-refractivity contribution < 1.29 is 19.6 Å². The molecular formula is C30H31BrCl2N6O4. The number of anilines is 2. The maximum Gasteiger partial charge on any atom is 0.347 e. The lowest BCUT2D eigenvalue weighted by Gasteiger charge is -2.38. The lowest BCUT2D eigenvalue weighted by molar-refractivity contribution is -0.121. The molecule has 1 fully saturated rings. The maximum absolute atomic E-state index is 13.8. The number of hydrazone groups is 1. The fraction of sp³-hybridized carbons (Fsp3) is 0.267. The number of hydrogen-bond acceptors (Lipinski definition) is 5. The summed E-state index contributed by atoms with van der Waals surface area (Å²) in [6.07, 6.45) is -0.708. The number of hydroxylamine groups is 2. The molecule has 1 saturated heterocycles. The Labute approximate surface area is 268 Å². The molecule has 1 aliphatic rings. The fourth-order valence-electron chi connectivity index (χ4n) is 4.76. The first kappa shape index (κ1) is 32.3. The Morgan fingerprint density at radius 1 is 1.00 bits per heavy atom. The highest BCUT2D eigenvalue weighted by Crippen LogP contribution is 2.38. The van der Waals surface area contributed by atoms with E-state index in [1.807, 2.05) is 24.3 Å². The summed E-state index contributed by atoms with van der Waals surface area (Å²) in [5.41, 5.74) is 3.86. The van der Waals surface area contributed by atoms with Crippen molar-refractivity contribution in [3.8, 4) is 0 Å². The van der Waals surface area contributed by atoms with Gasteiger partial charge >= 0.3 is 12.1 Å². The molecule has 1 unspecified atom stereocenters. The van der Waals surface area contributed by atoms with Gasteiger partial charge in [-0.05, 0) is 93.4 Å². The molecule has 13 heteroatoms. The number of nitrogens with one attached hydrogen (secondary N) is 2. The van der Waals surface area contributed by atoms with Crippen molar-refractivity contribution in [3.63, 3.8) is 0 Å². The van der Waals surface area contributed by atoms with E-state index in [0.717, 1.165) is 10.0 Å². The lowest BCUT2D eigenvalue weighted by Crippen LogP contribution is -2.58. The summed E-state index contributed by atoms with van der Waals surface area (Å²) in [7, 11) is 0. The Morgan fingerprint density at radius 2 is 1.58 bits per heavy atom. The minimum Gasteiger partial charge on any atom is -0.315 e. The monoisotopic (exact) mass is 688 g/mol. The molecule has 1 aliphatic heterocycles. The molecule has 1 atom stereocenters. The van der Waals surface area contributed by atoms with Crippen molar-refractivity contribution in [1.29, 1.82) is 0 Å². The molecule has 0 spiro atoms. The molecule has 1 heterocycles. The van der Waals surface area contributed by atoms with E-state index < -0.39 is 23.8 Å². The van der Waals surface area contributed by atoms with Crippen LogP contribution in [0.4, 0.5) is 21.0 Å². The number of urea groups is 2. The third kappa shape index (κ3) is 7.66. The zero-order chi connectivity index (χ0) is 31.3. The Bertz CT molecular complexity index is 1500. The molecule has 0 saturated carbocycles. The summed E-state index contributed by atoms with van der Waals surface area (Å²) in [4.78, 5) is 42.4. The van der Waals surface area contributed by atoms with E-state index in [0.29, 0.717) is 38.6 Å². The predicted molar refractivity (Wildman–Crippen MR) is 172 cm³/mol. The number of halogens is 3. The minimum absolute atomic E-state index is 0.0997. The Kier molecular flexibility index (Phi) is 10.3. The molecule has 4 rings (SSSR count). The molecule has 0 aliphatic carbocycles. The SMILES string of the molecule is C/C(=N\NC(=O)CCCN1C(=O)N(c2ccc(Cl)cc2)C(N(O)C(=O)Nc2ccc(Cl)cc2)C1(C)C)c1ccc(Br)cc1.